The molecule has 0 aromatic heterocycles. The molecule has 0 radical (unpaired) electrons. The fraction of sp³-hybridized carbons (Fsp3) is 0.938. The number of hydrogen-bond acceptors (Lipinski definition) is 4. The van der Waals surface area contributed by atoms with Gasteiger partial charge in [0.2, 0.25) is 5.91 Å². The number of likely N-dealkylation sites (tertiary alicyclic amines) is 1. The Kier molecular flexibility index (Phi) is 5.63. The average Bonchev–Trinajstić information content (AvgIpc) is 3.25. The summed E-state index contributed by atoms with van der Waals surface area (Å²) in [5.74, 6) is 0.995. The van der Waals surface area contributed by atoms with Crippen LogP contribution < -0.4 is 11.1 Å². The summed E-state index contributed by atoms with van der Waals surface area (Å²) in [6, 6.07) is 0. The Morgan fingerprint density at radius 3 is 2.43 bits per heavy atom. The molecule has 5 heteroatoms. The molecule has 0 spiro atoms. The van der Waals surface area contributed by atoms with Crippen molar-refractivity contribution >= 4 is 5.91 Å². The van der Waals surface area contributed by atoms with Gasteiger partial charge in [-0.05, 0) is 71.2 Å². The molecule has 0 aromatic carbocycles. The van der Waals surface area contributed by atoms with E-state index in [1.807, 2.05) is 0 Å². The highest BCUT2D eigenvalue weighted by molar-refractivity contribution is 5.86. The highest BCUT2D eigenvalue weighted by atomic mass is 16.1. The Morgan fingerprint density at radius 1 is 1.33 bits per heavy atom. The summed E-state index contributed by atoms with van der Waals surface area (Å²) >= 11 is 0. The number of nitrogens with two attached hydrogens (primary N) is 1. The van der Waals surface area contributed by atoms with Crippen molar-refractivity contribution in [3.8, 4) is 0 Å². The standard InChI is InChI=1S/C16H32N4O/c1-4-18-16(15(17)21,14-5-6-14)12-20(3)11-13-7-9-19(2)10-8-13/h13-14,18H,4-12H2,1-3H3,(H2,17,21). The number of likely N-dealkylation sites (N-methyl/N-ethyl adjacent to an activating group) is 2. The number of hydrogen-bond donors (Lipinski definition) is 2. The number of carbonyl (C=O) groups is 1. The lowest BCUT2D eigenvalue weighted by Crippen LogP contribution is -2.63. The molecule has 1 aliphatic heterocycles. The second-order valence-electron chi connectivity index (χ2n) is 7.08. The van der Waals surface area contributed by atoms with Crippen LogP contribution in [0.25, 0.3) is 0 Å². The quantitative estimate of drug-likeness (QED) is 0.685. The number of amides is 1. The lowest BCUT2D eigenvalue weighted by atomic mass is 9.90. The first-order valence-electron chi connectivity index (χ1n) is 8.40. The number of carbonyl (C=O) groups excluding carboxylic acids is 1. The second kappa shape index (κ2) is 7.07. The Bertz CT molecular complexity index is 350. The van der Waals surface area contributed by atoms with E-state index in [4.69, 9.17) is 5.73 Å². The summed E-state index contributed by atoms with van der Waals surface area (Å²) in [7, 11) is 4.33. The van der Waals surface area contributed by atoms with Crippen LogP contribution in [0.5, 0.6) is 0 Å². The minimum absolute atomic E-state index is 0.179. The van der Waals surface area contributed by atoms with Crippen molar-refractivity contribution in [2.45, 2.75) is 38.1 Å². The van der Waals surface area contributed by atoms with Gasteiger partial charge in [0, 0.05) is 13.1 Å². The van der Waals surface area contributed by atoms with E-state index in [2.05, 4.69) is 36.1 Å². The fourth-order valence-corrected chi connectivity index (χ4v) is 3.76. The van der Waals surface area contributed by atoms with Gasteiger partial charge in [-0.25, -0.2) is 0 Å². The molecule has 1 aliphatic carbocycles. The SMILES string of the molecule is CCNC(CN(C)CC1CCN(C)CC1)(C(N)=O)C1CC1. The maximum absolute atomic E-state index is 12.1. The topological polar surface area (TPSA) is 61.6 Å². The molecule has 3 N–H and O–H groups in total. The normalized spacial score (nSPS) is 24.2. The summed E-state index contributed by atoms with van der Waals surface area (Å²) in [4.78, 5) is 16.8. The first-order valence-corrected chi connectivity index (χ1v) is 8.40. The van der Waals surface area contributed by atoms with Crippen LogP contribution in [0.4, 0.5) is 0 Å². The number of rotatable bonds is 8. The van der Waals surface area contributed by atoms with Gasteiger partial charge < -0.3 is 20.9 Å². The van der Waals surface area contributed by atoms with Crippen molar-refractivity contribution in [1.29, 1.82) is 0 Å². The smallest absolute Gasteiger partial charge is 0.239 e. The third-order valence-electron chi connectivity index (χ3n) is 5.13. The van der Waals surface area contributed by atoms with Gasteiger partial charge in [-0.15, -0.1) is 0 Å². The zero-order valence-electron chi connectivity index (χ0n) is 13.9. The van der Waals surface area contributed by atoms with Gasteiger partial charge in [0.25, 0.3) is 0 Å². The van der Waals surface area contributed by atoms with Gasteiger partial charge in [0.15, 0.2) is 0 Å². The molecule has 122 valence electrons. The van der Waals surface area contributed by atoms with E-state index in [0.29, 0.717) is 5.92 Å². The molecule has 2 fully saturated rings. The highest BCUT2D eigenvalue weighted by Crippen LogP contribution is 2.40. The average molecular weight is 296 g/mol. The lowest BCUT2D eigenvalue weighted by Gasteiger charge is -2.38. The van der Waals surface area contributed by atoms with E-state index >= 15 is 0 Å². The van der Waals surface area contributed by atoms with E-state index in [-0.39, 0.29) is 5.91 Å². The number of primary amides is 1. The Labute approximate surface area is 129 Å². The van der Waals surface area contributed by atoms with Gasteiger partial charge in [0.1, 0.15) is 5.54 Å². The predicted octanol–water partition coefficient (Wildman–Crippen LogP) is 0.504. The minimum Gasteiger partial charge on any atom is -0.368 e. The van der Waals surface area contributed by atoms with E-state index in [1.54, 1.807) is 0 Å². The van der Waals surface area contributed by atoms with Gasteiger partial charge in [-0.2, -0.15) is 0 Å². The van der Waals surface area contributed by atoms with Crippen LogP contribution in [0.1, 0.15) is 32.6 Å². The molecule has 21 heavy (non-hydrogen) atoms. The monoisotopic (exact) mass is 296 g/mol. The zero-order valence-corrected chi connectivity index (χ0v) is 13.9. The molecule has 1 amide bonds. The van der Waals surface area contributed by atoms with Crippen LogP contribution in [-0.4, -0.2) is 68.1 Å². The maximum Gasteiger partial charge on any atom is 0.239 e. The van der Waals surface area contributed by atoms with E-state index in [9.17, 15) is 4.79 Å². The summed E-state index contributed by atoms with van der Waals surface area (Å²) in [6.45, 7) is 7.04. The minimum atomic E-state index is -0.519. The van der Waals surface area contributed by atoms with Gasteiger partial charge >= 0.3 is 0 Å². The highest BCUT2D eigenvalue weighted by Gasteiger charge is 2.49. The van der Waals surface area contributed by atoms with Gasteiger partial charge in [0.05, 0.1) is 0 Å². The molecular weight excluding hydrogens is 264 g/mol. The molecule has 1 heterocycles. The molecule has 1 atom stereocenters. The second-order valence-corrected chi connectivity index (χ2v) is 7.08. The summed E-state index contributed by atoms with van der Waals surface area (Å²) in [6.07, 6.45) is 4.76. The van der Waals surface area contributed by atoms with Crippen molar-refractivity contribution in [3.63, 3.8) is 0 Å². The summed E-state index contributed by atoms with van der Waals surface area (Å²) < 4.78 is 0. The number of nitrogens with one attached hydrogen (secondary N) is 1. The summed E-state index contributed by atoms with van der Waals surface area (Å²) in [5.41, 5.74) is 5.24. The predicted molar refractivity (Wildman–Crippen MR) is 86.0 cm³/mol. The third-order valence-corrected chi connectivity index (χ3v) is 5.13. The maximum atomic E-state index is 12.1. The number of piperidine rings is 1. The lowest BCUT2D eigenvalue weighted by molar-refractivity contribution is -0.126. The van der Waals surface area contributed by atoms with Crippen LogP contribution >= 0.6 is 0 Å². The van der Waals surface area contributed by atoms with Crippen LogP contribution in [-0.2, 0) is 4.79 Å². The van der Waals surface area contributed by atoms with Crippen molar-refractivity contribution in [2.75, 3.05) is 46.8 Å². The Balaban J connectivity index is 1.91. The van der Waals surface area contributed by atoms with E-state index in [0.717, 1.165) is 38.4 Å². The van der Waals surface area contributed by atoms with Crippen LogP contribution in [0.3, 0.4) is 0 Å². The third kappa shape index (κ3) is 4.18. The van der Waals surface area contributed by atoms with Crippen LogP contribution in [0.2, 0.25) is 0 Å². The van der Waals surface area contributed by atoms with Crippen LogP contribution in [0.15, 0.2) is 0 Å². The first-order chi connectivity index (χ1) is 9.98. The molecule has 0 aromatic rings. The molecule has 5 nitrogen and oxygen atoms in total. The molecule has 1 saturated carbocycles. The molecule has 2 aliphatic rings. The van der Waals surface area contributed by atoms with Crippen molar-refractivity contribution in [1.82, 2.24) is 15.1 Å². The van der Waals surface area contributed by atoms with E-state index in [1.165, 1.54) is 25.9 Å². The molecule has 1 unspecified atom stereocenters. The first kappa shape index (κ1) is 16.7. The van der Waals surface area contributed by atoms with Crippen LogP contribution in [0, 0.1) is 11.8 Å². The van der Waals surface area contributed by atoms with Crippen molar-refractivity contribution in [3.05, 3.63) is 0 Å². The van der Waals surface area contributed by atoms with Crippen molar-refractivity contribution in [2.24, 2.45) is 17.6 Å². The van der Waals surface area contributed by atoms with Gasteiger partial charge in [-0.1, -0.05) is 6.92 Å². The van der Waals surface area contributed by atoms with E-state index < -0.39 is 5.54 Å². The van der Waals surface area contributed by atoms with Crippen molar-refractivity contribution < 1.29 is 4.79 Å². The zero-order chi connectivity index (χ0) is 15.5. The molecule has 2 rings (SSSR count). The largest absolute Gasteiger partial charge is 0.368 e. The Hall–Kier alpha value is -0.650. The molecular formula is C16H32N4O. The van der Waals surface area contributed by atoms with Gasteiger partial charge in [-0.3, -0.25) is 4.79 Å². The number of nitrogens with zero attached hydrogens (tertiary/aromatic N) is 2. The Morgan fingerprint density at radius 2 is 1.95 bits per heavy atom. The molecule has 1 saturated heterocycles. The molecule has 0 bridgehead atoms. The fourth-order valence-electron chi connectivity index (χ4n) is 3.76. The summed E-state index contributed by atoms with van der Waals surface area (Å²) in [5, 5.41) is 3.41.